The van der Waals surface area contributed by atoms with Crippen LogP contribution in [0.5, 0.6) is 5.75 Å². The summed E-state index contributed by atoms with van der Waals surface area (Å²) < 4.78 is 5.16. The summed E-state index contributed by atoms with van der Waals surface area (Å²) in [6, 6.07) is 3.05. The summed E-state index contributed by atoms with van der Waals surface area (Å²) in [5.74, 6) is 0.286. The van der Waals surface area contributed by atoms with Crippen LogP contribution in [0.25, 0.3) is 0 Å². The van der Waals surface area contributed by atoms with Crippen molar-refractivity contribution in [2.75, 3.05) is 12.5 Å². The van der Waals surface area contributed by atoms with Crippen LogP contribution in [0.2, 0.25) is 5.02 Å². The zero-order valence-electron chi connectivity index (χ0n) is 6.63. The fraction of sp³-hybridized carbons (Fsp3) is 0.125. The van der Waals surface area contributed by atoms with Gasteiger partial charge in [-0.2, -0.15) is 0 Å². The van der Waals surface area contributed by atoms with E-state index in [1.165, 1.54) is 6.07 Å². The molecule has 0 aromatic heterocycles. The van der Waals surface area contributed by atoms with Crippen LogP contribution >= 0.6 is 11.6 Å². The van der Waals surface area contributed by atoms with Gasteiger partial charge in [-0.25, -0.2) is 0 Å². The predicted octanol–water partition coefficient (Wildman–Crippen LogP) is 1.00. The maximum absolute atomic E-state index is 11.3. The number of carbonyl (C=O) groups is 1. The van der Waals surface area contributed by atoms with Gasteiger partial charge in [0.1, 0.15) is 5.75 Å². The van der Waals surface area contributed by atoms with Gasteiger partial charge in [-0.3, -0.25) is 4.79 Å². The van der Waals surface area contributed by atoms with Gasteiger partial charge in [-0.05, 0) is 6.07 Å². The molecular formula is C8H7ClN2O2. The lowest BCUT2D eigenvalue weighted by Crippen LogP contribution is -2.32. The van der Waals surface area contributed by atoms with E-state index in [-0.39, 0.29) is 12.6 Å². The number of amides is 1. The van der Waals surface area contributed by atoms with E-state index < -0.39 is 0 Å². The highest BCUT2D eigenvalue weighted by Crippen LogP contribution is 2.30. The van der Waals surface area contributed by atoms with Gasteiger partial charge < -0.3 is 15.8 Å². The molecule has 1 aromatic carbocycles. The Bertz CT molecular complexity index is 379. The van der Waals surface area contributed by atoms with Gasteiger partial charge >= 0.3 is 0 Å². The number of hydrogen-bond acceptors (Lipinski definition) is 3. The first kappa shape index (κ1) is 8.19. The first-order chi connectivity index (χ1) is 6.18. The lowest BCUT2D eigenvalue weighted by Gasteiger charge is -2.18. The lowest BCUT2D eigenvalue weighted by molar-refractivity contribution is 0.0883. The van der Waals surface area contributed by atoms with Gasteiger partial charge in [0.05, 0.1) is 16.3 Å². The predicted molar refractivity (Wildman–Crippen MR) is 48.8 cm³/mol. The molecule has 5 heteroatoms. The van der Waals surface area contributed by atoms with Crippen molar-refractivity contribution in [1.29, 1.82) is 0 Å². The van der Waals surface area contributed by atoms with Gasteiger partial charge in [-0.1, -0.05) is 11.6 Å². The van der Waals surface area contributed by atoms with Crippen LogP contribution < -0.4 is 15.8 Å². The van der Waals surface area contributed by atoms with E-state index in [0.29, 0.717) is 22.0 Å². The number of hydrogen-bond donors (Lipinski definition) is 2. The number of fused-ring (bicyclic) bond motifs is 1. The maximum Gasteiger partial charge on any atom is 0.257 e. The fourth-order valence-electron chi connectivity index (χ4n) is 1.14. The second-order valence-corrected chi connectivity index (χ2v) is 3.07. The number of nitrogens with two attached hydrogens (primary N) is 1. The molecule has 0 saturated heterocycles. The third-order valence-corrected chi connectivity index (χ3v) is 2.13. The van der Waals surface area contributed by atoms with E-state index in [9.17, 15) is 4.79 Å². The fourth-order valence-corrected chi connectivity index (χ4v) is 1.30. The number of nitrogen functional groups attached to an aromatic ring is 1. The van der Waals surface area contributed by atoms with Crippen molar-refractivity contribution in [2.45, 2.75) is 0 Å². The highest BCUT2D eigenvalue weighted by molar-refractivity contribution is 6.33. The molecule has 4 nitrogen and oxygen atoms in total. The van der Waals surface area contributed by atoms with E-state index >= 15 is 0 Å². The molecule has 1 aliphatic rings. The second kappa shape index (κ2) is 2.81. The molecule has 3 N–H and O–H groups in total. The highest BCUT2D eigenvalue weighted by atomic mass is 35.5. The Morgan fingerprint density at radius 1 is 1.54 bits per heavy atom. The molecule has 0 atom stereocenters. The molecule has 0 radical (unpaired) electrons. The molecule has 68 valence electrons. The summed E-state index contributed by atoms with van der Waals surface area (Å²) in [6.45, 7) is 0.174. The number of nitrogens with one attached hydrogen (secondary N) is 1. The topological polar surface area (TPSA) is 64.4 Å². The summed E-state index contributed by atoms with van der Waals surface area (Å²) in [6.07, 6.45) is 0. The largest absolute Gasteiger partial charge is 0.472 e. The Balaban J connectivity index is 2.58. The van der Waals surface area contributed by atoms with E-state index in [1.807, 2.05) is 0 Å². The molecular weight excluding hydrogens is 192 g/mol. The molecule has 0 bridgehead atoms. The van der Waals surface area contributed by atoms with Crippen LogP contribution in [0.15, 0.2) is 12.1 Å². The quantitative estimate of drug-likeness (QED) is 0.612. The van der Waals surface area contributed by atoms with Gasteiger partial charge in [0.15, 0.2) is 6.73 Å². The van der Waals surface area contributed by atoms with E-state index in [0.717, 1.165) is 0 Å². The van der Waals surface area contributed by atoms with Gasteiger partial charge in [0, 0.05) is 6.07 Å². The highest BCUT2D eigenvalue weighted by Gasteiger charge is 2.19. The van der Waals surface area contributed by atoms with E-state index in [4.69, 9.17) is 22.1 Å². The summed E-state index contributed by atoms with van der Waals surface area (Å²) in [5.41, 5.74) is 6.38. The average Bonchev–Trinajstić information content (AvgIpc) is 2.09. The maximum atomic E-state index is 11.3. The summed E-state index contributed by atoms with van der Waals surface area (Å²) in [4.78, 5) is 11.3. The molecule has 1 aromatic rings. The minimum absolute atomic E-state index is 0.174. The second-order valence-electron chi connectivity index (χ2n) is 2.66. The summed E-state index contributed by atoms with van der Waals surface area (Å²) >= 11 is 5.75. The number of carbonyl (C=O) groups excluding carboxylic acids is 1. The van der Waals surface area contributed by atoms with Crippen LogP contribution in [0, 0.1) is 0 Å². The molecule has 0 spiro atoms. The Morgan fingerprint density at radius 3 is 3.08 bits per heavy atom. The Kier molecular flexibility index (Phi) is 1.77. The molecule has 0 fully saturated rings. The van der Waals surface area contributed by atoms with Gasteiger partial charge in [-0.15, -0.1) is 0 Å². The molecule has 2 rings (SSSR count). The SMILES string of the molecule is Nc1cc2c(cc1Cl)C(=O)NCO2. The number of ether oxygens (including phenoxy) is 1. The van der Waals surface area contributed by atoms with Gasteiger partial charge in [0.25, 0.3) is 5.91 Å². The Morgan fingerprint density at radius 2 is 2.31 bits per heavy atom. The third kappa shape index (κ3) is 1.29. The summed E-state index contributed by atoms with van der Waals surface area (Å²) in [5, 5.41) is 2.88. The minimum atomic E-state index is -0.192. The van der Waals surface area contributed by atoms with Crippen LogP contribution in [0.1, 0.15) is 10.4 Å². The number of benzene rings is 1. The molecule has 13 heavy (non-hydrogen) atoms. The zero-order valence-corrected chi connectivity index (χ0v) is 7.39. The lowest BCUT2D eigenvalue weighted by atomic mass is 10.1. The van der Waals surface area contributed by atoms with Crippen LogP contribution in [-0.2, 0) is 0 Å². The van der Waals surface area contributed by atoms with E-state index in [1.54, 1.807) is 6.07 Å². The zero-order chi connectivity index (χ0) is 9.42. The monoisotopic (exact) mass is 198 g/mol. The molecule has 0 unspecified atom stereocenters. The molecule has 1 heterocycles. The van der Waals surface area contributed by atoms with Crippen molar-refractivity contribution < 1.29 is 9.53 Å². The Hall–Kier alpha value is -1.42. The third-order valence-electron chi connectivity index (χ3n) is 1.80. The molecule has 0 saturated carbocycles. The van der Waals surface area contributed by atoms with Crippen molar-refractivity contribution in [3.8, 4) is 5.75 Å². The van der Waals surface area contributed by atoms with E-state index in [2.05, 4.69) is 5.32 Å². The average molecular weight is 199 g/mol. The smallest absolute Gasteiger partial charge is 0.257 e. The number of halogens is 1. The van der Waals surface area contributed by atoms with Gasteiger partial charge in [0.2, 0.25) is 0 Å². The van der Waals surface area contributed by atoms with Crippen molar-refractivity contribution in [2.24, 2.45) is 0 Å². The van der Waals surface area contributed by atoms with Crippen molar-refractivity contribution >= 4 is 23.2 Å². The Labute approximate surface area is 79.6 Å². The van der Waals surface area contributed by atoms with Crippen molar-refractivity contribution in [3.05, 3.63) is 22.7 Å². The number of anilines is 1. The molecule has 1 amide bonds. The normalized spacial score (nSPS) is 14.4. The van der Waals surface area contributed by atoms with Crippen LogP contribution in [0.3, 0.4) is 0 Å². The van der Waals surface area contributed by atoms with Crippen LogP contribution in [-0.4, -0.2) is 12.6 Å². The van der Waals surface area contributed by atoms with Crippen molar-refractivity contribution in [3.63, 3.8) is 0 Å². The van der Waals surface area contributed by atoms with Crippen molar-refractivity contribution in [1.82, 2.24) is 5.32 Å². The molecule has 0 aliphatic carbocycles. The summed E-state index contributed by atoms with van der Waals surface area (Å²) in [7, 11) is 0. The standard InChI is InChI=1S/C8H7ClN2O2/c9-5-1-4-7(2-6(5)10)13-3-11-8(4)12/h1-2H,3,10H2,(H,11,12). The van der Waals surface area contributed by atoms with Crippen LogP contribution in [0.4, 0.5) is 5.69 Å². The minimum Gasteiger partial charge on any atom is -0.472 e. The first-order valence-corrected chi connectivity index (χ1v) is 4.06. The number of rotatable bonds is 0. The first-order valence-electron chi connectivity index (χ1n) is 3.68. The molecule has 1 aliphatic heterocycles.